The minimum absolute atomic E-state index is 0.00866. The molecule has 4 N–H and O–H groups in total. The topological polar surface area (TPSA) is 154 Å². The lowest BCUT2D eigenvalue weighted by Gasteiger charge is -2.16. The number of amides is 2. The molecule has 0 aliphatic heterocycles. The third-order valence-electron chi connectivity index (χ3n) is 4.52. The number of hydrogen-bond donors (Lipinski definition) is 3. The molecule has 1 atom stereocenters. The van der Waals surface area contributed by atoms with E-state index in [1.54, 1.807) is 54.6 Å². The highest BCUT2D eigenvalue weighted by Crippen LogP contribution is 2.25. The monoisotopic (exact) mass is 448 g/mol. The van der Waals surface area contributed by atoms with Gasteiger partial charge in [0.2, 0.25) is 0 Å². The first-order chi connectivity index (χ1) is 15.8. The summed E-state index contributed by atoms with van der Waals surface area (Å²) in [6, 6.07) is 20.4. The standard InChI is InChI=1S/C23H20N4O6/c24-21(26-23(30)33-14-15-7-3-1-4-8-15)22(29)25-19-12-11-17(27(31)32)13-18(19)20(28)16-9-5-2-6-10-16/h1-13,21H,14,24H2,(H,25,29)(H,26,30). The Bertz CT molecular complexity index is 1170. The van der Waals surface area contributed by atoms with Crippen LogP contribution in [0.5, 0.6) is 0 Å². The van der Waals surface area contributed by atoms with Gasteiger partial charge in [0.25, 0.3) is 11.6 Å². The van der Waals surface area contributed by atoms with E-state index in [0.717, 1.165) is 17.7 Å². The maximum Gasteiger partial charge on any atom is 0.409 e. The summed E-state index contributed by atoms with van der Waals surface area (Å²) in [5.41, 5.74) is 6.36. The fraction of sp³-hybridized carbons (Fsp3) is 0.0870. The van der Waals surface area contributed by atoms with Crippen LogP contribution in [0.4, 0.5) is 16.2 Å². The van der Waals surface area contributed by atoms with E-state index in [2.05, 4.69) is 10.6 Å². The molecule has 0 fully saturated rings. The highest BCUT2D eigenvalue weighted by molar-refractivity contribution is 6.14. The Morgan fingerprint density at radius 3 is 2.24 bits per heavy atom. The molecule has 0 saturated heterocycles. The first-order valence-electron chi connectivity index (χ1n) is 9.77. The van der Waals surface area contributed by atoms with Crippen LogP contribution in [-0.4, -0.2) is 28.9 Å². The van der Waals surface area contributed by atoms with Gasteiger partial charge in [0.15, 0.2) is 11.9 Å². The number of ether oxygens (including phenoxy) is 1. The molecule has 10 heteroatoms. The first-order valence-corrected chi connectivity index (χ1v) is 9.77. The zero-order valence-corrected chi connectivity index (χ0v) is 17.3. The summed E-state index contributed by atoms with van der Waals surface area (Å²) in [5, 5.41) is 15.8. The van der Waals surface area contributed by atoms with Crippen molar-refractivity contribution in [3.63, 3.8) is 0 Å². The van der Waals surface area contributed by atoms with E-state index >= 15 is 0 Å². The zero-order chi connectivity index (χ0) is 23.8. The highest BCUT2D eigenvalue weighted by Gasteiger charge is 2.22. The van der Waals surface area contributed by atoms with E-state index in [4.69, 9.17) is 10.5 Å². The first kappa shape index (κ1) is 23.1. The molecule has 0 aliphatic carbocycles. The summed E-state index contributed by atoms with van der Waals surface area (Å²) >= 11 is 0. The van der Waals surface area contributed by atoms with Crippen molar-refractivity contribution in [3.8, 4) is 0 Å². The van der Waals surface area contributed by atoms with Gasteiger partial charge in [-0.1, -0.05) is 60.7 Å². The number of benzene rings is 3. The van der Waals surface area contributed by atoms with E-state index in [-0.39, 0.29) is 29.1 Å². The van der Waals surface area contributed by atoms with Crippen molar-refractivity contribution in [2.45, 2.75) is 12.8 Å². The van der Waals surface area contributed by atoms with Gasteiger partial charge in [-0.25, -0.2) is 4.79 Å². The number of ketones is 1. The fourth-order valence-corrected chi connectivity index (χ4v) is 2.86. The van der Waals surface area contributed by atoms with Gasteiger partial charge in [-0.15, -0.1) is 0 Å². The molecule has 3 aromatic rings. The van der Waals surface area contributed by atoms with E-state index in [0.29, 0.717) is 0 Å². The molecule has 0 radical (unpaired) electrons. The number of non-ortho nitro benzene ring substituents is 1. The second-order valence-corrected chi connectivity index (χ2v) is 6.86. The summed E-state index contributed by atoms with van der Waals surface area (Å²) in [4.78, 5) is 47.9. The maximum absolute atomic E-state index is 12.9. The largest absolute Gasteiger partial charge is 0.445 e. The lowest BCUT2D eigenvalue weighted by Crippen LogP contribution is -2.50. The van der Waals surface area contributed by atoms with Crippen LogP contribution in [0, 0.1) is 10.1 Å². The van der Waals surface area contributed by atoms with Crippen LogP contribution in [0.1, 0.15) is 21.5 Å². The lowest BCUT2D eigenvalue weighted by molar-refractivity contribution is -0.384. The molecule has 0 bridgehead atoms. The Kier molecular flexibility index (Phi) is 7.45. The molecular weight excluding hydrogens is 428 g/mol. The molecule has 3 aromatic carbocycles. The molecule has 0 spiro atoms. The molecule has 0 aliphatic rings. The van der Waals surface area contributed by atoms with E-state index in [1.807, 2.05) is 6.07 Å². The van der Waals surface area contributed by atoms with Crippen LogP contribution in [-0.2, 0) is 16.1 Å². The van der Waals surface area contributed by atoms with Crippen LogP contribution in [0.3, 0.4) is 0 Å². The van der Waals surface area contributed by atoms with E-state index < -0.39 is 28.9 Å². The number of nitrogens with zero attached hydrogens (tertiary/aromatic N) is 1. The van der Waals surface area contributed by atoms with Gasteiger partial charge in [-0.2, -0.15) is 0 Å². The number of nitro benzene ring substituents is 1. The van der Waals surface area contributed by atoms with Crippen molar-refractivity contribution >= 4 is 29.2 Å². The predicted molar refractivity (Wildman–Crippen MR) is 119 cm³/mol. The smallest absolute Gasteiger partial charge is 0.409 e. The number of nitro groups is 1. The molecule has 3 rings (SSSR count). The molecule has 2 amide bonds. The van der Waals surface area contributed by atoms with Crippen molar-refractivity contribution in [1.29, 1.82) is 0 Å². The van der Waals surface area contributed by atoms with Crippen LogP contribution in [0.2, 0.25) is 0 Å². The highest BCUT2D eigenvalue weighted by atomic mass is 16.6. The molecular formula is C23H20N4O6. The molecule has 0 aromatic heterocycles. The van der Waals surface area contributed by atoms with Gasteiger partial charge in [-0.3, -0.25) is 25.0 Å². The summed E-state index contributed by atoms with van der Waals surface area (Å²) < 4.78 is 5.02. The van der Waals surface area contributed by atoms with Crippen LogP contribution < -0.4 is 16.4 Å². The second-order valence-electron chi connectivity index (χ2n) is 6.86. The van der Waals surface area contributed by atoms with Crippen molar-refractivity contribution in [3.05, 3.63) is 106 Å². The SMILES string of the molecule is NC(NC(=O)OCc1ccccc1)C(=O)Nc1ccc([N+](=O)[O-])cc1C(=O)c1ccccc1. The normalized spacial score (nSPS) is 11.2. The summed E-state index contributed by atoms with van der Waals surface area (Å²) in [6.45, 7) is -0.0148. The fourth-order valence-electron chi connectivity index (χ4n) is 2.86. The van der Waals surface area contributed by atoms with E-state index in [1.165, 1.54) is 6.07 Å². The van der Waals surface area contributed by atoms with Gasteiger partial charge < -0.3 is 15.8 Å². The minimum atomic E-state index is -1.50. The van der Waals surface area contributed by atoms with Crippen molar-refractivity contribution in [1.82, 2.24) is 5.32 Å². The number of hydrogen-bond acceptors (Lipinski definition) is 7. The van der Waals surface area contributed by atoms with Crippen LogP contribution >= 0.6 is 0 Å². The molecule has 0 saturated carbocycles. The number of nitrogens with two attached hydrogens (primary N) is 1. The van der Waals surface area contributed by atoms with Crippen molar-refractivity contribution in [2.75, 3.05) is 5.32 Å². The Hall–Kier alpha value is -4.57. The number of anilines is 1. The Balaban J connectivity index is 1.70. The lowest BCUT2D eigenvalue weighted by atomic mass is 10.0. The Labute approximate surface area is 188 Å². The maximum atomic E-state index is 12.9. The number of carbonyl (C=O) groups is 3. The second kappa shape index (κ2) is 10.6. The molecule has 0 heterocycles. The van der Waals surface area contributed by atoms with Crippen molar-refractivity contribution in [2.24, 2.45) is 5.73 Å². The van der Waals surface area contributed by atoms with Gasteiger partial charge >= 0.3 is 6.09 Å². The number of alkyl carbamates (subject to hydrolysis) is 1. The molecule has 168 valence electrons. The summed E-state index contributed by atoms with van der Waals surface area (Å²) in [6.07, 6.45) is -2.41. The van der Waals surface area contributed by atoms with Gasteiger partial charge in [0, 0.05) is 17.7 Å². The Morgan fingerprint density at radius 1 is 0.970 bits per heavy atom. The number of nitrogens with one attached hydrogen (secondary N) is 2. The molecule has 10 nitrogen and oxygen atoms in total. The van der Waals surface area contributed by atoms with Gasteiger partial charge in [0.1, 0.15) is 6.61 Å². The van der Waals surface area contributed by atoms with Gasteiger partial charge in [-0.05, 0) is 11.6 Å². The third-order valence-corrected chi connectivity index (χ3v) is 4.52. The molecule has 33 heavy (non-hydrogen) atoms. The van der Waals surface area contributed by atoms with E-state index in [9.17, 15) is 24.5 Å². The van der Waals surface area contributed by atoms with Crippen LogP contribution in [0.15, 0.2) is 78.9 Å². The Morgan fingerprint density at radius 2 is 1.61 bits per heavy atom. The third kappa shape index (κ3) is 6.21. The average Bonchev–Trinajstić information content (AvgIpc) is 2.83. The summed E-state index contributed by atoms with van der Waals surface area (Å²) in [5.74, 6) is -1.37. The minimum Gasteiger partial charge on any atom is -0.445 e. The predicted octanol–water partition coefficient (Wildman–Crippen LogP) is 2.98. The van der Waals surface area contributed by atoms with Crippen LogP contribution in [0.25, 0.3) is 0 Å². The molecule has 1 unspecified atom stereocenters. The van der Waals surface area contributed by atoms with Gasteiger partial charge in [0.05, 0.1) is 16.2 Å². The number of rotatable bonds is 8. The summed E-state index contributed by atoms with van der Waals surface area (Å²) in [7, 11) is 0. The average molecular weight is 448 g/mol. The number of carbonyl (C=O) groups excluding carboxylic acids is 3. The van der Waals surface area contributed by atoms with Crippen molar-refractivity contribution < 1.29 is 24.0 Å². The quantitative estimate of drug-likeness (QED) is 0.207. The zero-order valence-electron chi connectivity index (χ0n) is 17.3.